The molecule has 0 aromatic heterocycles. The van der Waals surface area contributed by atoms with Crippen molar-refractivity contribution in [2.24, 2.45) is 0 Å². The zero-order chi connectivity index (χ0) is 15.3. The summed E-state index contributed by atoms with van der Waals surface area (Å²) in [5, 5.41) is 8.93. The average Bonchev–Trinajstić information content (AvgIpc) is 2.36. The summed E-state index contributed by atoms with van der Waals surface area (Å²) < 4.78 is 43.1. The molecule has 3 nitrogen and oxygen atoms in total. The van der Waals surface area contributed by atoms with Gasteiger partial charge in [0, 0.05) is 5.88 Å². The van der Waals surface area contributed by atoms with Gasteiger partial charge in [-0.3, -0.25) is 4.79 Å². The number of alkyl halides is 4. The number of hydrogen-bond donors (Lipinski definition) is 0. The predicted molar refractivity (Wildman–Crippen MR) is 66.1 cm³/mol. The first-order valence-electron chi connectivity index (χ1n) is 5.68. The maximum atomic E-state index is 12.8. The third-order valence-electron chi connectivity index (χ3n) is 2.60. The van der Waals surface area contributed by atoms with Crippen LogP contribution in [0.1, 0.15) is 29.2 Å². The molecule has 0 saturated carbocycles. The van der Waals surface area contributed by atoms with E-state index in [0.717, 1.165) is 12.1 Å². The van der Waals surface area contributed by atoms with Crippen LogP contribution in [0, 0.1) is 11.3 Å². The lowest BCUT2D eigenvalue weighted by Crippen LogP contribution is -2.14. The quantitative estimate of drug-likeness (QED) is 0.632. The van der Waals surface area contributed by atoms with Crippen LogP contribution in [0.15, 0.2) is 12.1 Å². The van der Waals surface area contributed by atoms with E-state index in [4.69, 9.17) is 21.6 Å². The third kappa shape index (κ3) is 3.64. The van der Waals surface area contributed by atoms with Gasteiger partial charge in [0.05, 0.1) is 24.2 Å². The Kier molecular flexibility index (Phi) is 5.40. The molecule has 0 saturated heterocycles. The lowest BCUT2D eigenvalue weighted by molar-refractivity contribution is -0.142. The monoisotopic (exact) mass is 305 g/mol. The van der Waals surface area contributed by atoms with Crippen LogP contribution in [0.3, 0.4) is 0 Å². The fourth-order valence-electron chi connectivity index (χ4n) is 1.74. The Bertz CT molecular complexity index is 550. The van der Waals surface area contributed by atoms with E-state index in [1.165, 1.54) is 6.07 Å². The lowest BCUT2D eigenvalue weighted by atomic mass is 9.95. The maximum absolute atomic E-state index is 12.8. The van der Waals surface area contributed by atoms with E-state index in [2.05, 4.69) is 0 Å². The topological polar surface area (TPSA) is 50.1 Å². The van der Waals surface area contributed by atoms with Gasteiger partial charge in [-0.1, -0.05) is 6.07 Å². The first-order valence-corrected chi connectivity index (χ1v) is 6.22. The molecule has 0 radical (unpaired) electrons. The summed E-state index contributed by atoms with van der Waals surface area (Å²) in [7, 11) is 0. The Labute approximate surface area is 118 Å². The van der Waals surface area contributed by atoms with E-state index in [-0.39, 0.29) is 30.0 Å². The van der Waals surface area contributed by atoms with Crippen LogP contribution in [0.4, 0.5) is 13.2 Å². The van der Waals surface area contributed by atoms with E-state index in [1.807, 2.05) is 0 Å². The molecule has 1 aromatic carbocycles. The van der Waals surface area contributed by atoms with Gasteiger partial charge in [0.15, 0.2) is 0 Å². The van der Waals surface area contributed by atoms with Gasteiger partial charge in [-0.2, -0.15) is 18.4 Å². The Balaban J connectivity index is 3.30. The number of carbonyl (C=O) groups excluding carboxylic acids is 1. The Morgan fingerprint density at radius 2 is 2.10 bits per heavy atom. The molecule has 0 aliphatic carbocycles. The number of benzene rings is 1. The van der Waals surface area contributed by atoms with Gasteiger partial charge >= 0.3 is 12.1 Å². The van der Waals surface area contributed by atoms with Crippen LogP contribution in [-0.2, 0) is 28.0 Å². The molecular formula is C13H11ClF3NO2. The van der Waals surface area contributed by atoms with E-state index in [1.54, 1.807) is 6.92 Å². The molecule has 1 aromatic rings. The number of nitriles is 1. The predicted octanol–water partition coefficient (Wildman–Crippen LogP) is 3.42. The number of nitrogens with zero attached hydrogens (tertiary/aromatic N) is 1. The molecule has 0 amide bonds. The van der Waals surface area contributed by atoms with Crippen molar-refractivity contribution in [1.29, 1.82) is 5.26 Å². The highest BCUT2D eigenvalue weighted by Crippen LogP contribution is 2.34. The van der Waals surface area contributed by atoms with Crippen LogP contribution in [0.2, 0.25) is 0 Å². The summed E-state index contributed by atoms with van der Waals surface area (Å²) in [5.41, 5.74) is -1.32. The van der Waals surface area contributed by atoms with Gasteiger partial charge in [-0.15, -0.1) is 11.6 Å². The van der Waals surface area contributed by atoms with Crippen molar-refractivity contribution in [2.45, 2.75) is 25.4 Å². The van der Waals surface area contributed by atoms with Gasteiger partial charge < -0.3 is 4.74 Å². The van der Waals surface area contributed by atoms with Crippen molar-refractivity contribution in [2.75, 3.05) is 6.61 Å². The van der Waals surface area contributed by atoms with E-state index >= 15 is 0 Å². The van der Waals surface area contributed by atoms with Crippen LogP contribution >= 0.6 is 11.6 Å². The smallest absolute Gasteiger partial charge is 0.417 e. The summed E-state index contributed by atoms with van der Waals surface area (Å²) in [6.07, 6.45) is -4.86. The van der Waals surface area contributed by atoms with E-state index < -0.39 is 23.3 Å². The number of rotatable bonds is 4. The van der Waals surface area contributed by atoms with Crippen LogP contribution in [0.5, 0.6) is 0 Å². The number of halogens is 4. The molecule has 7 heteroatoms. The van der Waals surface area contributed by atoms with Crippen molar-refractivity contribution >= 4 is 17.6 Å². The van der Waals surface area contributed by atoms with Gasteiger partial charge in [-0.05, 0) is 24.1 Å². The Morgan fingerprint density at radius 3 is 2.55 bits per heavy atom. The molecule has 0 aliphatic rings. The number of ether oxygens (including phenoxy) is 1. The van der Waals surface area contributed by atoms with Gasteiger partial charge in [0.1, 0.15) is 6.07 Å². The molecule has 0 unspecified atom stereocenters. The molecule has 0 fully saturated rings. The fraction of sp³-hybridized carbons (Fsp3) is 0.385. The van der Waals surface area contributed by atoms with Crippen LogP contribution in [-0.4, -0.2) is 12.6 Å². The summed E-state index contributed by atoms with van der Waals surface area (Å²) >= 11 is 5.63. The van der Waals surface area contributed by atoms with Crippen molar-refractivity contribution in [3.8, 4) is 6.07 Å². The Morgan fingerprint density at radius 1 is 1.45 bits per heavy atom. The largest absolute Gasteiger partial charge is 0.466 e. The highest BCUT2D eigenvalue weighted by Gasteiger charge is 2.35. The van der Waals surface area contributed by atoms with Crippen molar-refractivity contribution in [3.05, 3.63) is 34.4 Å². The minimum Gasteiger partial charge on any atom is -0.466 e. The SMILES string of the molecule is CCOC(=O)Cc1ccc(C(F)(F)F)c(C#N)c1CCl. The third-order valence-corrected chi connectivity index (χ3v) is 2.87. The van der Waals surface area contributed by atoms with Crippen LogP contribution in [0.25, 0.3) is 0 Å². The minimum absolute atomic E-state index is 0.0112. The molecule has 0 aliphatic heterocycles. The lowest BCUT2D eigenvalue weighted by Gasteiger charge is -2.14. The van der Waals surface area contributed by atoms with Crippen molar-refractivity contribution in [3.63, 3.8) is 0 Å². The molecular weight excluding hydrogens is 295 g/mol. The standard InChI is InChI=1S/C13H11ClF3NO2/c1-2-20-12(19)5-8-3-4-11(13(15,16)17)10(7-18)9(8)6-14/h3-4H,2,5-6H2,1H3. The van der Waals surface area contributed by atoms with Crippen molar-refractivity contribution < 1.29 is 22.7 Å². The number of carbonyl (C=O) groups is 1. The highest BCUT2D eigenvalue weighted by atomic mass is 35.5. The fourth-order valence-corrected chi connectivity index (χ4v) is 2.05. The second-order valence-corrected chi connectivity index (χ2v) is 4.12. The van der Waals surface area contributed by atoms with E-state index in [9.17, 15) is 18.0 Å². The summed E-state index contributed by atoms with van der Waals surface area (Å²) in [6.45, 7) is 1.79. The molecule has 0 atom stereocenters. The molecule has 0 bridgehead atoms. The minimum atomic E-state index is -4.64. The van der Waals surface area contributed by atoms with E-state index in [0.29, 0.717) is 0 Å². The molecule has 0 heterocycles. The van der Waals surface area contributed by atoms with Crippen molar-refractivity contribution in [1.82, 2.24) is 0 Å². The first-order chi connectivity index (χ1) is 9.35. The summed E-state index contributed by atoms with van der Waals surface area (Å²) in [5.74, 6) is -0.871. The highest BCUT2D eigenvalue weighted by molar-refractivity contribution is 6.17. The second kappa shape index (κ2) is 6.62. The van der Waals surface area contributed by atoms with Crippen LogP contribution < -0.4 is 0 Å². The summed E-state index contributed by atoms with van der Waals surface area (Å²) in [4.78, 5) is 11.4. The molecule has 0 spiro atoms. The molecule has 20 heavy (non-hydrogen) atoms. The van der Waals surface area contributed by atoms with Gasteiger partial charge in [0.25, 0.3) is 0 Å². The summed E-state index contributed by atoms with van der Waals surface area (Å²) in [6, 6.07) is 3.44. The van der Waals surface area contributed by atoms with Gasteiger partial charge in [-0.25, -0.2) is 0 Å². The molecule has 108 valence electrons. The zero-order valence-corrected chi connectivity index (χ0v) is 11.3. The first kappa shape index (κ1) is 16.3. The molecule has 1 rings (SSSR count). The normalized spacial score (nSPS) is 11.0. The van der Waals surface area contributed by atoms with Gasteiger partial charge in [0.2, 0.25) is 0 Å². The number of hydrogen-bond acceptors (Lipinski definition) is 3. The number of esters is 1. The second-order valence-electron chi connectivity index (χ2n) is 3.85. The zero-order valence-electron chi connectivity index (χ0n) is 10.6. The molecule has 0 N–H and O–H groups in total. The maximum Gasteiger partial charge on any atom is 0.417 e. The Hall–Kier alpha value is -1.74. The average molecular weight is 306 g/mol.